The van der Waals surface area contributed by atoms with Crippen molar-refractivity contribution >= 4 is 11.8 Å². The second-order valence-electron chi connectivity index (χ2n) is 8.39. The lowest BCUT2D eigenvalue weighted by Gasteiger charge is -2.33. The van der Waals surface area contributed by atoms with E-state index in [0.717, 1.165) is 57.6 Å². The number of fused-ring (bicyclic) bond motifs is 1. The van der Waals surface area contributed by atoms with Crippen molar-refractivity contribution in [1.29, 1.82) is 0 Å². The average molecular weight is 407 g/mol. The van der Waals surface area contributed by atoms with E-state index in [-0.39, 0.29) is 11.8 Å². The lowest BCUT2D eigenvalue weighted by molar-refractivity contribution is -0.134. The molecule has 6 heteroatoms. The number of likely N-dealkylation sites (tertiary alicyclic amines) is 1. The van der Waals surface area contributed by atoms with Crippen LogP contribution < -0.4 is 0 Å². The Hall–Kier alpha value is -2.76. The van der Waals surface area contributed by atoms with Gasteiger partial charge in [0.15, 0.2) is 0 Å². The SMILES string of the molecule is O=C(CCc1cnccn1)N1CCC(CCC(=O)N2CCc3ccccc3C2)CC1. The molecule has 1 aromatic carbocycles. The summed E-state index contributed by atoms with van der Waals surface area (Å²) in [5.74, 6) is 1.00. The normalized spacial score (nSPS) is 16.9. The number of carbonyl (C=O) groups excluding carboxylic acids is 2. The number of nitrogens with zero attached hydrogens (tertiary/aromatic N) is 4. The minimum atomic E-state index is 0.196. The van der Waals surface area contributed by atoms with Gasteiger partial charge < -0.3 is 9.80 Å². The van der Waals surface area contributed by atoms with Crippen molar-refractivity contribution in [3.8, 4) is 0 Å². The number of hydrogen-bond acceptors (Lipinski definition) is 4. The molecule has 0 atom stereocenters. The number of piperidine rings is 1. The van der Waals surface area contributed by atoms with E-state index in [2.05, 4.69) is 34.2 Å². The van der Waals surface area contributed by atoms with Gasteiger partial charge in [-0.2, -0.15) is 0 Å². The van der Waals surface area contributed by atoms with Crippen molar-refractivity contribution < 1.29 is 9.59 Å². The van der Waals surface area contributed by atoms with E-state index in [4.69, 9.17) is 0 Å². The van der Waals surface area contributed by atoms with Gasteiger partial charge >= 0.3 is 0 Å². The molecule has 158 valence electrons. The Labute approximate surface area is 178 Å². The predicted octanol–water partition coefficient (Wildman–Crippen LogP) is 3.01. The quantitative estimate of drug-likeness (QED) is 0.740. The molecule has 30 heavy (non-hydrogen) atoms. The zero-order valence-corrected chi connectivity index (χ0v) is 17.5. The van der Waals surface area contributed by atoms with Crippen LogP contribution in [0, 0.1) is 5.92 Å². The number of benzene rings is 1. The molecule has 1 fully saturated rings. The van der Waals surface area contributed by atoms with Crippen LogP contribution in [0.25, 0.3) is 0 Å². The van der Waals surface area contributed by atoms with E-state index in [0.29, 0.717) is 25.2 Å². The fraction of sp³-hybridized carbons (Fsp3) is 0.500. The Morgan fingerprint density at radius 3 is 2.47 bits per heavy atom. The molecule has 0 N–H and O–H groups in total. The zero-order valence-electron chi connectivity index (χ0n) is 17.5. The van der Waals surface area contributed by atoms with Gasteiger partial charge in [-0.25, -0.2) is 0 Å². The second-order valence-corrected chi connectivity index (χ2v) is 8.39. The molecule has 0 bridgehead atoms. The summed E-state index contributed by atoms with van der Waals surface area (Å²) < 4.78 is 0. The average Bonchev–Trinajstić information content (AvgIpc) is 2.81. The van der Waals surface area contributed by atoms with Crippen LogP contribution in [0.5, 0.6) is 0 Å². The monoisotopic (exact) mass is 406 g/mol. The first-order chi connectivity index (χ1) is 14.7. The smallest absolute Gasteiger partial charge is 0.222 e. The Morgan fingerprint density at radius 1 is 0.933 bits per heavy atom. The first kappa shape index (κ1) is 20.5. The number of hydrogen-bond donors (Lipinski definition) is 0. The molecule has 4 rings (SSSR count). The number of rotatable bonds is 6. The molecule has 1 aromatic heterocycles. The summed E-state index contributed by atoms with van der Waals surface area (Å²) in [6.07, 6.45) is 10.6. The number of amides is 2. The minimum absolute atomic E-state index is 0.196. The van der Waals surface area contributed by atoms with Crippen LogP contribution in [0.2, 0.25) is 0 Å². The molecule has 0 unspecified atom stereocenters. The van der Waals surface area contributed by atoms with E-state index in [1.54, 1.807) is 18.6 Å². The zero-order chi connectivity index (χ0) is 20.8. The third-order valence-electron chi connectivity index (χ3n) is 6.43. The van der Waals surface area contributed by atoms with Gasteiger partial charge in [-0.05, 0) is 49.1 Å². The summed E-state index contributed by atoms with van der Waals surface area (Å²) in [6, 6.07) is 8.42. The summed E-state index contributed by atoms with van der Waals surface area (Å²) in [7, 11) is 0. The van der Waals surface area contributed by atoms with Gasteiger partial charge in [0.05, 0.1) is 5.69 Å². The van der Waals surface area contributed by atoms with Gasteiger partial charge in [0, 0.05) is 57.6 Å². The summed E-state index contributed by atoms with van der Waals surface area (Å²) in [4.78, 5) is 37.4. The van der Waals surface area contributed by atoms with Crippen molar-refractivity contribution in [3.05, 3.63) is 59.7 Å². The van der Waals surface area contributed by atoms with Gasteiger partial charge in [-0.15, -0.1) is 0 Å². The maximum absolute atomic E-state index is 12.7. The van der Waals surface area contributed by atoms with E-state index in [9.17, 15) is 9.59 Å². The van der Waals surface area contributed by atoms with E-state index >= 15 is 0 Å². The topological polar surface area (TPSA) is 66.4 Å². The van der Waals surface area contributed by atoms with Crippen LogP contribution in [0.3, 0.4) is 0 Å². The fourth-order valence-corrected chi connectivity index (χ4v) is 4.52. The summed E-state index contributed by atoms with van der Waals surface area (Å²) >= 11 is 0. The molecule has 0 spiro atoms. The standard InChI is InChI=1S/C24H30N4O2/c29-23(8-6-22-17-25-12-13-26-22)27-14-9-19(10-15-27)5-7-24(30)28-16-11-20-3-1-2-4-21(20)18-28/h1-4,12-13,17,19H,5-11,14-16,18H2. The number of carbonyl (C=O) groups is 2. The van der Waals surface area contributed by atoms with Crippen LogP contribution in [-0.4, -0.2) is 51.2 Å². The molecule has 2 aliphatic heterocycles. The minimum Gasteiger partial charge on any atom is -0.343 e. The molecule has 1 saturated heterocycles. The molecule has 6 nitrogen and oxygen atoms in total. The van der Waals surface area contributed by atoms with Crippen LogP contribution in [0.1, 0.15) is 48.9 Å². The molecule has 2 aromatic rings. The van der Waals surface area contributed by atoms with E-state index < -0.39 is 0 Å². The molecule has 2 aliphatic rings. The Kier molecular flexibility index (Phi) is 6.72. The first-order valence-corrected chi connectivity index (χ1v) is 11.1. The molecule has 0 saturated carbocycles. The molecule has 3 heterocycles. The maximum Gasteiger partial charge on any atom is 0.222 e. The largest absolute Gasteiger partial charge is 0.343 e. The highest BCUT2D eigenvalue weighted by atomic mass is 16.2. The van der Waals surface area contributed by atoms with Crippen molar-refractivity contribution in [3.63, 3.8) is 0 Å². The Morgan fingerprint density at radius 2 is 1.70 bits per heavy atom. The van der Waals surface area contributed by atoms with Crippen LogP contribution in [-0.2, 0) is 29.0 Å². The first-order valence-electron chi connectivity index (χ1n) is 11.1. The predicted molar refractivity (Wildman–Crippen MR) is 114 cm³/mol. The lowest BCUT2D eigenvalue weighted by Crippen LogP contribution is -2.39. The van der Waals surface area contributed by atoms with Crippen molar-refractivity contribution in [2.75, 3.05) is 19.6 Å². The van der Waals surface area contributed by atoms with Crippen molar-refractivity contribution in [1.82, 2.24) is 19.8 Å². The highest BCUT2D eigenvalue weighted by Gasteiger charge is 2.25. The van der Waals surface area contributed by atoms with Gasteiger partial charge in [-0.1, -0.05) is 24.3 Å². The van der Waals surface area contributed by atoms with Crippen LogP contribution in [0.15, 0.2) is 42.9 Å². The summed E-state index contributed by atoms with van der Waals surface area (Å²) in [5.41, 5.74) is 3.52. The molecule has 0 radical (unpaired) electrons. The van der Waals surface area contributed by atoms with Crippen molar-refractivity contribution in [2.45, 2.75) is 51.5 Å². The molecule has 2 amide bonds. The third kappa shape index (κ3) is 5.23. The molecular weight excluding hydrogens is 376 g/mol. The Balaban J connectivity index is 1.16. The van der Waals surface area contributed by atoms with Gasteiger partial charge in [0.25, 0.3) is 0 Å². The summed E-state index contributed by atoms with van der Waals surface area (Å²) in [5, 5.41) is 0. The van der Waals surface area contributed by atoms with E-state index in [1.165, 1.54) is 11.1 Å². The number of aryl methyl sites for hydroxylation is 1. The molecule has 0 aliphatic carbocycles. The highest BCUT2D eigenvalue weighted by molar-refractivity contribution is 5.77. The summed E-state index contributed by atoms with van der Waals surface area (Å²) in [6.45, 7) is 3.17. The second kappa shape index (κ2) is 9.83. The fourth-order valence-electron chi connectivity index (χ4n) is 4.52. The van der Waals surface area contributed by atoms with Crippen molar-refractivity contribution in [2.24, 2.45) is 5.92 Å². The maximum atomic E-state index is 12.7. The van der Waals surface area contributed by atoms with Crippen LogP contribution in [0.4, 0.5) is 0 Å². The molecular formula is C24H30N4O2. The third-order valence-corrected chi connectivity index (χ3v) is 6.43. The van der Waals surface area contributed by atoms with Gasteiger partial charge in [-0.3, -0.25) is 19.6 Å². The van der Waals surface area contributed by atoms with E-state index in [1.807, 2.05) is 9.80 Å². The number of aromatic nitrogens is 2. The van der Waals surface area contributed by atoms with Gasteiger partial charge in [0.2, 0.25) is 11.8 Å². The van der Waals surface area contributed by atoms with Gasteiger partial charge in [0.1, 0.15) is 0 Å². The Bertz CT molecular complexity index is 863. The van der Waals surface area contributed by atoms with Crippen LogP contribution >= 0.6 is 0 Å². The highest BCUT2D eigenvalue weighted by Crippen LogP contribution is 2.24. The lowest BCUT2D eigenvalue weighted by atomic mass is 9.91.